The first-order valence-corrected chi connectivity index (χ1v) is 5.18. The predicted octanol–water partition coefficient (Wildman–Crippen LogP) is 3.18. The van der Waals surface area contributed by atoms with E-state index in [0.29, 0.717) is 17.1 Å². The van der Waals surface area contributed by atoms with E-state index in [4.69, 9.17) is 15.2 Å². The molecule has 7 heteroatoms. The van der Waals surface area contributed by atoms with Crippen LogP contribution in [0.1, 0.15) is 24.4 Å². The summed E-state index contributed by atoms with van der Waals surface area (Å²) in [6.07, 6.45) is -5.26. The number of fused-ring (bicyclic) bond motifs is 1. The molecule has 0 amide bonds. The van der Waals surface area contributed by atoms with E-state index in [2.05, 4.69) is 0 Å². The molecule has 102 valence electrons. The quantitative estimate of drug-likeness (QED) is 0.926. The monoisotopic (exact) mass is 283 g/mol. The fourth-order valence-corrected chi connectivity index (χ4v) is 1.72. The van der Waals surface area contributed by atoms with Crippen LogP contribution in [0.25, 0.3) is 0 Å². The number of nitrogens with two attached hydrogens (primary N) is 1. The summed E-state index contributed by atoms with van der Waals surface area (Å²) in [7, 11) is 0. The third-order valence-electron chi connectivity index (χ3n) is 2.57. The summed E-state index contributed by atoms with van der Waals surface area (Å²) in [6, 6.07) is 4.35. The van der Waals surface area contributed by atoms with Crippen LogP contribution in [0.2, 0.25) is 0 Å². The number of benzene rings is 1. The van der Waals surface area contributed by atoms with Crippen molar-refractivity contribution in [3.05, 3.63) is 23.8 Å². The molecule has 1 heterocycles. The summed E-state index contributed by atoms with van der Waals surface area (Å²) in [6.45, 7) is 0.0817. The number of halogens is 4. The van der Waals surface area contributed by atoms with Crippen LogP contribution in [0, 0.1) is 0 Å². The number of rotatable bonds is 3. The molecule has 0 bridgehead atoms. The van der Waals surface area contributed by atoms with Crippen LogP contribution < -0.4 is 15.2 Å². The highest BCUT2D eigenvalue weighted by molar-refractivity contribution is 5.85. The molecule has 0 saturated carbocycles. The minimum atomic E-state index is -4.19. The second kappa shape index (κ2) is 5.67. The van der Waals surface area contributed by atoms with Gasteiger partial charge in [0.15, 0.2) is 11.5 Å². The Morgan fingerprint density at radius 3 is 2.67 bits per heavy atom. The smallest absolute Gasteiger partial charge is 0.389 e. The van der Waals surface area contributed by atoms with Gasteiger partial charge in [0.05, 0.1) is 0 Å². The van der Waals surface area contributed by atoms with E-state index in [0.717, 1.165) is 0 Å². The molecule has 0 aliphatic carbocycles. The van der Waals surface area contributed by atoms with Gasteiger partial charge in [-0.1, -0.05) is 12.1 Å². The van der Waals surface area contributed by atoms with Crippen molar-refractivity contribution in [2.24, 2.45) is 5.73 Å². The van der Waals surface area contributed by atoms with Crippen molar-refractivity contribution < 1.29 is 22.6 Å². The maximum absolute atomic E-state index is 12.1. The van der Waals surface area contributed by atoms with Gasteiger partial charge in [-0.2, -0.15) is 13.2 Å². The third kappa shape index (κ3) is 3.43. The highest BCUT2D eigenvalue weighted by Gasteiger charge is 2.29. The average molecular weight is 284 g/mol. The van der Waals surface area contributed by atoms with Crippen molar-refractivity contribution in [3.63, 3.8) is 0 Å². The topological polar surface area (TPSA) is 44.5 Å². The zero-order chi connectivity index (χ0) is 12.5. The Labute approximate surface area is 108 Å². The molecule has 2 N–H and O–H groups in total. The van der Waals surface area contributed by atoms with Crippen LogP contribution in [0.5, 0.6) is 11.5 Å². The Morgan fingerprint density at radius 1 is 1.28 bits per heavy atom. The standard InChI is InChI=1S/C11H12F3NO2.ClH/c12-11(13,14)5-4-8(15)7-2-1-3-9-10(7)17-6-16-9;/h1-3,8H,4-6,15H2;1H/t8-;/m0./s1. The van der Waals surface area contributed by atoms with Crippen molar-refractivity contribution in [1.82, 2.24) is 0 Å². The van der Waals surface area contributed by atoms with Crippen LogP contribution in [0.4, 0.5) is 13.2 Å². The summed E-state index contributed by atoms with van der Waals surface area (Å²) in [5.41, 5.74) is 6.30. The second-order valence-electron chi connectivity index (χ2n) is 3.84. The van der Waals surface area contributed by atoms with Crippen molar-refractivity contribution in [2.45, 2.75) is 25.1 Å². The summed E-state index contributed by atoms with van der Waals surface area (Å²) < 4.78 is 46.6. The fourth-order valence-electron chi connectivity index (χ4n) is 1.72. The maximum Gasteiger partial charge on any atom is 0.389 e. The molecular formula is C11H13ClF3NO2. The van der Waals surface area contributed by atoms with Gasteiger partial charge in [0.25, 0.3) is 0 Å². The van der Waals surface area contributed by atoms with E-state index in [1.807, 2.05) is 0 Å². The Hall–Kier alpha value is -1.14. The molecule has 3 nitrogen and oxygen atoms in total. The molecule has 0 unspecified atom stereocenters. The number of hydrogen-bond donors (Lipinski definition) is 1. The van der Waals surface area contributed by atoms with E-state index in [9.17, 15) is 13.2 Å². The second-order valence-corrected chi connectivity index (χ2v) is 3.84. The van der Waals surface area contributed by atoms with Crippen molar-refractivity contribution in [1.29, 1.82) is 0 Å². The number of hydrogen-bond acceptors (Lipinski definition) is 3. The van der Waals surface area contributed by atoms with Gasteiger partial charge in [-0.25, -0.2) is 0 Å². The molecule has 0 radical (unpaired) electrons. The Kier molecular flexibility index (Phi) is 4.70. The van der Waals surface area contributed by atoms with Gasteiger partial charge in [0, 0.05) is 18.0 Å². The van der Waals surface area contributed by atoms with Crippen molar-refractivity contribution >= 4 is 12.4 Å². The molecule has 1 aliphatic rings. The summed E-state index contributed by atoms with van der Waals surface area (Å²) in [4.78, 5) is 0. The molecule has 0 aromatic heterocycles. The lowest BCUT2D eigenvalue weighted by Crippen LogP contribution is -2.16. The summed E-state index contributed by atoms with van der Waals surface area (Å²) in [5, 5.41) is 0. The fraction of sp³-hybridized carbons (Fsp3) is 0.455. The zero-order valence-corrected chi connectivity index (χ0v) is 10.2. The molecule has 1 atom stereocenters. The molecule has 0 fully saturated rings. The largest absolute Gasteiger partial charge is 0.454 e. The SMILES string of the molecule is Cl.N[C@@H](CCC(F)(F)F)c1cccc2c1OCO2. The van der Waals surface area contributed by atoms with Crippen LogP contribution in [-0.4, -0.2) is 13.0 Å². The van der Waals surface area contributed by atoms with E-state index in [1.54, 1.807) is 18.2 Å². The molecule has 18 heavy (non-hydrogen) atoms. The normalized spacial score (nSPS) is 15.1. The van der Waals surface area contributed by atoms with Gasteiger partial charge in [0.2, 0.25) is 6.79 Å². The van der Waals surface area contributed by atoms with E-state index in [-0.39, 0.29) is 25.6 Å². The van der Waals surface area contributed by atoms with Crippen molar-refractivity contribution in [3.8, 4) is 11.5 Å². The first kappa shape index (κ1) is 14.9. The van der Waals surface area contributed by atoms with Gasteiger partial charge < -0.3 is 15.2 Å². The predicted molar refractivity (Wildman–Crippen MR) is 62.0 cm³/mol. The van der Waals surface area contributed by atoms with Gasteiger partial charge >= 0.3 is 6.18 Å². The first-order chi connectivity index (χ1) is 7.97. The van der Waals surface area contributed by atoms with Gasteiger partial charge in [0.1, 0.15) is 0 Å². The molecular weight excluding hydrogens is 271 g/mol. The van der Waals surface area contributed by atoms with Crippen LogP contribution in [-0.2, 0) is 0 Å². The zero-order valence-electron chi connectivity index (χ0n) is 9.37. The number of para-hydroxylation sites is 1. The van der Waals surface area contributed by atoms with Crippen LogP contribution in [0.3, 0.4) is 0 Å². The summed E-state index contributed by atoms with van der Waals surface area (Å²) in [5.74, 6) is 0.993. The molecule has 1 aliphatic heterocycles. The van der Waals surface area contributed by atoms with Crippen LogP contribution in [0.15, 0.2) is 18.2 Å². The van der Waals surface area contributed by atoms with E-state index >= 15 is 0 Å². The maximum atomic E-state index is 12.1. The lowest BCUT2D eigenvalue weighted by atomic mass is 10.0. The van der Waals surface area contributed by atoms with Gasteiger partial charge in [-0.05, 0) is 12.5 Å². The molecule has 1 aromatic carbocycles. The van der Waals surface area contributed by atoms with Crippen molar-refractivity contribution in [2.75, 3.05) is 6.79 Å². The minimum absolute atomic E-state index is 0. The van der Waals surface area contributed by atoms with Gasteiger partial charge in [-0.15, -0.1) is 12.4 Å². The first-order valence-electron chi connectivity index (χ1n) is 5.18. The third-order valence-corrected chi connectivity index (χ3v) is 2.57. The molecule has 0 spiro atoms. The Balaban J connectivity index is 0.00000162. The van der Waals surface area contributed by atoms with Gasteiger partial charge in [-0.3, -0.25) is 0 Å². The van der Waals surface area contributed by atoms with Crippen LogP contribution >= 0.6 is 12.4 Å². The Bertz CT molecular complexity index is 412. The number of alkyl halides is 3. The minimum Gasteiger partial charge on any atom is -0.454 e. The molecule has 0 saturated heterocycles. The lowest BCUT2D eigenvalue weighted by molar-refractivity contribution is -0.136. The van der Waals surface area contributed by atoms with E-state index < -0.39 is 18.6 Å². The lowest BCUT2D eigenvalue weighted by Gasteiger charge is -2.15. The molecule has 2 rings (SSSR count). The van der Waals surface area contributed by atoms with E-state index in [1.165, 1.54) is 0 Å². The summed E-state index contributed by atoms with van der Waals surface area (Å²) >= 11 is 0. The highest BCUT2D eigenvalue weighted by atomic mass is 35.5. The highest BCUT2D eigenvalue weighted by Crippen LogP contribution is 2.39. The number of ether oxygens (including phenoxy) is 2. The average Bonchev–Trinajstić information content (AvgIpc) is 2.72. The Morgan fingerprint density at radius 2 is 2.00 bits per heavy atom. The molecule has 1 aromatic rings.